The van der Waals surface area contributed by atoms with Gasteiger partial charge in [-0.15, -0.1) is 0 Å². The van der Waals surface area contributed by atoms with Crippen molar-refractivity contribution in [2.75, 3.05) is 34.2 Å². The quantitative estimate of drug-likeness (QED) is 0.263. The highest BCUT2D eigenvalue weighted by Gasteiger charge is 2.39. The van der Waals surface area contributed by atoms with Crippen LogP contribution in [0.2, 0.25) is 0 Å². The molecule has 17 heavy (non-hydrogen) atoms. The van der Waals surface area contributed by atoms with Crippen LogP contribution in [0.25, 0.3) is 0 Å². The molecule has 0 unspecified atom stereocenters. The number of nitrogens with zero attached hydrogens (tertiary/aromatic N) is 3. The van der Waals surface area contributed by atoms with Crippen molar-refractivity contribution in [1.82, 2.24) is 15.1 Å². The lowest BCUT2D eigenvalue weighted by Gasteiger charge is -2.40. The van der Waals surface area contributed by atoms with Crippen molar-refractivity contribution in [3.63, 3.8) is 0 Å². The van der Waals surface area contributed by atoms with Crippen LogP contribution in [-0.2, 0) is 0 Å². The number of nitrogens with one attached hydrogen (secondary N) is 1. The van der Waals surface area contributed by atoms with Gasteiger partial charge in [-0.05, 0) is 19.9 Å². The highest BCUT2D eigenvalue weighted by molar-refractivity contribution is 5.93. The monoisotopic (exact) mass is 243 g/mol. The summed E-state index contributed by atoms with van der Waals surface area (Å²) in [6.45, 7) is 1.59. The number of amidine groups is 1. The normalized spacial score (nSPS) is 21.0. The Bertz CT molecular complexity index is 308. The molecule has 2 amide bonds. The second kappa shape index (κ2) is 5.22. The molecule has 0 saturated carbocycles. The van der Waals surface area contributed by atoms with E-state index in [1.807, 2.05) is 7.05 Å². The Morgan fingerprint density at radius 1 is 1.47 bits per heavy atom. The maximum Gasteiger partial charge on any atom is 0.317 e. The van der Waals surface area contributed by atoms with Crippen LogP contribution in [0.4, 0.5) is 4.79 Å². The summed E-state index contributed by atoms with van der Waals surface area (Å²) in [5.74, 6) is 0.0702. The number of carbonyl (C=O) groups excluding carboxylic acids is 1. The van der Waals surface area contributed by atoms with Crippen molar-refractivity contribution in [2.45, 2.75) is 18.4 Å². The zero-order valence-electron chi connectivity index (χ0n) is 10.6. The van der Waals surface area contributed by atoms with E-state index in [9.17, 15) is 4.79 Å². The summed E-state index contributed by atoms with van der Waals surface area (Å²) in [6.07, 6.45) is 1.28. The van der Waals surface area contributed by atoms with E-state index in [4.69, 9.17) is 10.9 Å². The van der Waals surface area contributed by atoms with Crippen LogP contribution in [0.5, 0.6) is 0 Å². The first-order valence-corrected chi connectivity index (χ1v) is 5.57. The van der Waals surface area contributed by atoms with E-state index in [0.29, 0.717) is 12.8 Å². The van der Waals surface area contributed by atoms with Gasteiger partial charge >= 0.3 is 6.03 Å². The molecule has 0 radical (unpaired) electrons. The molecular weight excluding hydrogens is 222 g/mol. The number of likely N-dealkylation sites (tertiary alicyclic amines) is 1. The van der Waals surface area contributed by atoms with E-state index in [1.165, 1.54) is 4.90 Å². The first kappa shape index (κ1) is 13.6. The minimum Gasteiger partial charge on any atom is -0.409 e. The van der Waals surface area contributed by atoms with Gasteiger partial charge in [-0.25, -0.2) is 4.79 Å². The number of urea groups is 1. The molecule has 1 aliphatic rings. The number of piperidine rings is 1. The smallest absolute Gasteiger partial charge is 0.317 e. The number of hydrogen-bond acceptors (Lipinski definition) is 4. The molecule has 1 rings (SSSR count). The minimum atomic E-state index is -0.734. The van der Waals surface area contributed by atoms with Crippen LogP contribution in [0.3, 0.4) is 0 Å². The van der Waals surface area contributed by atoms with E-state index >= 15 is 0 Å². The van der Waals surface area contributed by atoms with E-state index < -0.39 is 5.54 Å². The van der Waals surface area contributed by atoms with Gasteiger partial charge in [-0.3, -0.25) is 0 Å². The molecule has 0 bridgehead atoms. The number of carbonyl (C=O) groups is 1. The third kappa shape index (κ3) is 3.00. The molecular formula is C10H21N5O2. The standard InChI is InChI=1S/C10H21N5O2/c1-14(2)9(16)12-10(8(11)13-17)4-6-15(3)7-5-10/h17H,4-7H2,1-3H3,(H2,11,13)(H,12,16). The molecule has 0 spiro atoms. The van der Waals surface area contributed by atoms with Crippen molar-refractivity contribution in [2.24, 2.45) is 10.9 Å². The Morgan fingerprint density at radius 3 is 2.41 bits per heavy atom. The number of nitrogens with two attached hydrogens (primary N) is 1. The summed E-state index contributed by atoms with van der Waals surface area (Å²) < 4.78 is 0. The predicted octanol–water partition coefficient (Wildman–Crippen LogP) is -0.532. The van der Waals surface area contributed by atoms with Crippen LogP contribution in [0.15, 0.2) is 5.16 Å². The molecule has 0 atom stereocenters. The zero-order chi connectivity index (χ0) is 13.1. The van der Waals surface area contributed by atoms with Crippen LogP contribution in [0.1, 0.15) is 12.8 Å². The van der Waals surface area contributed by atoms with Gasteiger partial charge < -0.3 is 26.1 Å². The molecule has 98 valence electrons. The molecule has 1 aliphatic heterocycles. The summed E-state index contributed by atoms with van der Waals surface area (Å²) in [6, 6.07) is -0.235. The maximum absolute atomic E-state index is 11.7. The number of rotatable bonds is 2. The highest BCUT2D eigenvalue weighted by Crippen LogP contribution is 2.22. The Balaban J connectivity index is 2.84. The lowest BCUT2D eigenvalue weighted by molar-refractivity contribution is 0.176. The van der Waals surface area contributed by atoms with Crippen molar-refractivity contribution < 1.29 is 10.0 Å². The Hall–Kier alpha value is -1.50. The summed E-state index contributed by atoms with van der Waals surface area (Å²) in [7, 11) is 5.32. The fourth-order valence-electron chi connectivity index (χ4n) is 1.86. The van der Waals surface area contributed by atoms with E-state index in [1.54, 1.807) is 14.1 Å². The molecule has 0 aromatic rings. The summed E-state index contributed by atoms with van der Waals surface area (Å²) in [5, 5.41) is 14.8. The highest BCUT2D eigenvalue weighted by atomic mass is 16.4. The molecule has 1 fully saturated rings. The second-order valence-electron chi connectivity index (χ2n) is 4.70. The Kier molecular flexibility index (Phi) is 4.17. The van der Waals surface area contributed by atoms with Crippen molar-refractivity contribution >= 4 is 11.9 Å². The average molecular weight is 243 g/mol. The lowest BCUT2D eigenvalue weighted by atomic mass is 9.86. The number of hydrogen-bond donors (Lipinski definition) is 3. The van der Waals surface area contributed by atoms with Crippen molar-refractivity contribution in [3.05, 3.63) is 0 Å². The fraction of sp³-hybridized carbons (Fsp3) is 0.800. The third-order valence-corrected chi connectivity index (χ3v) is 3.19. The molecule has 7 heteroatoms. The average Bonchev–Trinajstić information content (AvgIpc) is 2.31. The van der Waals surface area contributed by atoms with E-state index in [0.717, 1.165) is 13.1 Å². The van der Waals surface area contributed by atoms with Crippen LogP contribution in [-0.4, -0.2) is 66.6 Å². The SMILES string of the molecule is CN1CCC(NC(=O)N(C)C)(C(N)=NO)CC1. The molecule has 1 saturated heterocycles. The molecule has 0 aromatic heterocycles. The van der Waals surface area contributed by atoms with Gasteiger partial charge in [0, 0.05) is 27.2 Å². The lowest BCUT2D eigenvalue weighted by Crippen LogP contribution is -2.63. The fourth-order valence-corrected chi connectivity index (χ4v) is 1.86. The summed E-state index contributed by atoms with van der Waals surface area (Å²) in [5.41, 5.74) is 4.99. The van der Waals surface area contributed by atoms with Gasteiger partial charge in [0.25, 0.3) is 0 Å². The van der Waals surface area contributed by atoms with Crippen molar-refractivity contribution in [1.29, 1.82) is 0 Å². The largest absolute Gasteiger partial charge is 0.409 e. The first-order valence-electron chi connectivity index (χ1n) is 5.57. The van der Waals surface area contributed by atoms with Crippen LogP contribution < -0.4 is 11.1 Å². The van der Waals surface area contributed by atoms with Gasteiger partial charge in [0.05, 0.1) is 0 Å². The van der Waals surface area contributed by atoms with Gasteiger partial charge in [-0.1, -0.05) is 5.16 Å². The van der Waals surface area contributed by atoms with Gasteiger partial charge in [0.1, 0.15) is 5.54 Å². The van der Waals surface area contributed by atoms with E-state index in [2.05, 4.69) is 15.4 Å². The second-order valence-corrected chi connectivity index (χ2v) is 4.70. The van der Waals surface area contributed by atoms with Crippen LogP contribution in [0, 0.1) is 0 Å². The molecule has 0 aliphatic carbocycles. The summed E-state index contributed by atoms with van der Waals surface area (Å²) >= 11 is 0. The molecule has 0 aromatic carbocycles. The zero-order valence-corrected chi connectivity index (χ0v) is 10.6. The number of amides is 2. The number of oxime groups is 1. The van der Waals surface area contributed by atoms with Gasteiger partial charge in [-0.2, -0.15) is 0 Å². The predicted molar refractivity (Wildman–Crippen MR) is 65.1 cm³/mol. The first-order chi connectivity index (χ1) is 7.91. The molecule has 1 heterocycles. The van der Waals surface area contributed by atoms with Gasteiger partial charge in [0.15, 0.2) is 5.84 Å². The Morgan fingerprint density at radius 2 is 2.00 bits per heavy atom. The van der Waals surface area contributed by atoms with Crippen LogP contribution >= 0.6 is 0 Å². The third-order valence-electron chi connectivity index (χ3n) is 3.19. The molecule has 7 nitrogen and oxygen atoms in total. The van der Waals surface area contributed by atoms with Gasteiger partial charge in [0.2, 0.25) is 0 Å². The van der Waals surface area contributed by atoms with E-state index in [-0.39, 0.29) is 11.9 Å². The maximum atomic E-state index is 11.7. The molecule has 4 N–H and O–H groups in total. The minimum absolute atomic E-state index is 0.0702. The summed E-state index contributed by atoms with van der Waals surface area (Å²) in [4.78, 5) is 15.3. The topological polar surface area (TPSA) is 94.2 Å². The Labute approximate surface area is 101 Å². The van der Waals surface area contributed by atoms with Crippen molar-refractivity contribution in [3.8, 4) is 0 Å².